The molecule has 32 heavy (non-hydrogen) atoms. The summed E-state index contributed by atoms with van der Waals surface area (Å²) in [4.78, 5) is 0. The highest BCUT2D eigenvalue weighted by Crippen LogP contribution is 2.41. The molecular formula is C28H30O4. The molecule has 0 spiro atoms. The summed E-state index contributed by atoms with van der Waals surface area (Å²) in [5.74, 6) is 1.84. The van der Waals surface area contributed by atoms with Crippen LogP contribution in [0.1, 0.15) is 34.7 Å². The van der Waals surface area contributed by atoms with E-state index in [4.69, 9.17) is 18.9 Å². The lowest BCUT2D eigenvalue weighted by atomic mass is 9.70. The molecule has 0 amide bonds. The van der Waals surface area contributed by atoms with E-state index in [1.54, 1.807) is 0 Å². The summed E-state index contributed by atoms with van der Waals surface area (Å²) in [6.45, 7) is 9.35. The van der Waals surface area contributed by atoms with Crippen LogP contribution in [0.3, 0.4) is 0 Å². The summed E-state index contributed by atoms with van der Waals surface area (Å²) < 4.78 is 22.5. The van der Waals surface area contributed by atoms with E-state index in [9.17, 15) is 0 Å². The normalized spacial score (nSPS) is 21.0. The highest BCUT2D eigenvalue weighted by atomic mass is 16.6. The average Bonchev–Trinajstić information content (AvgIpc) is 3.73. The zero-order chi connectivity index (χ0) is 22.1. The van der Waals surface area contributed by atoms with Crippen molar-refractivity contribution in [2.24, 2.45) is 0 Å². The first-order valence-electron chi connectivity index (χ1n) is 11.3. The predicted molar refractivity (Wildman–Crippen MR) is 125 cm³/mol. The fraction of sp³-hybridized carbons (Fsp3) is 0.357. The van der Waals surface area contributed by atoms with Crippen LogP contribution >= 0.6 is 0 Å². The van der Waals surface area contributed by atoms with Crippen molar-refractivity contribution in [3.8, 4) is 11.5 Å². The van der Waals surface area contributed by atoms with Crippen molar-refractivity contribution in [2.45, 2.75) is 38.4 Å². The van der Waals surface area contributed by atoms with E-state index < -0.39 is 0 Å². The van der Waals surface area contributed by atoms with Gasteiger partial charge in [-0.15, -0.1) is 0 Å². The average molecular weight is 431 g/mol. The lowest BCUT2D eigenvalue weighted by molar-refractivity contribution is 0.261. The Balaban J connectivity index is 1.50. The molecular weight excluding hydrogens is 400 g/mol. The van der Waals surface area contributed by atoms with Crippen molar-refractivity contribution in [3.63, 3.8) is 0 Å². The SMILES string of the molecule is Cc1cc(C(C)(c2ccccc2)c2ccc(OCC3CO3)c(C)c2)ccc1OCC1CO1. The third-order valence-electron chi connectivity index (χ3n) is 6.51. The van der Waals surface area contributed by atoms with Gasteiger partial charge in [-0.1, -0.05) is 54.6 Å². The second-order valence-corrected chi connectivity index (χ2v) is 8.98. The molecule has 0 aliphatic carbocycles. The minimum absolute atomic E-state index is 0.249. The van der Waals surface area contributed by atoms with E-state index in [-0.39, 0.29) is 17.6 Å². The molecule has 2 atom stereocenters. The van der Waals surface area contributed by atoms with E-state index in [1.165, 1.54) is 16.7 Å². The summed E-state index contributed by atoms with van der Waals surface area (Å²) in [5, 5.41) is 0. The van der Waals surface area contributed by atoms with Gasteiger partial charge in [0.1, 0.15) is 36.9 Å². The van der Waals surface area contributed by atoms with E-state index in [0.29, 0.717) is 13.2 Å². The number of aryl methyl sites for hydroxylation is 2. The molecule has 5 rings (SSSR count). The second kappa shape index (κ2) is 8.61. The van der Waals surface area contributed by atoms with Gasteiger partial charge in [-0.3, -0.25) is 0 Å². The molecule has 0 bridgehead atoms. The van der Waals surface area contributed by atoms with Gasteiger partial charge in [-0.25, -0.2) is 0 Å². The standard InChI is InChI=1S/C28H30O4/c1-19-13-22(9-11-26(19)31-17-24-15-29-24)28(3,21-7-5-4-6-8-21)23-10-12-27(20(2)14-23)32-18-25-16-30-25/h4-14,24-25H,15-18H2,1-3H3. The molecule has 0 saturated carbocycles. The molecule has 4 nitrogen and oxygen atoms in total. The highest BCUT2D eigenvalue weighted by molar-refractivity contribution is 5.54. The van der Waals surface area contributed by atoms with Crippen LogP contribution in [0, 0.1) is 13.8 Å². The van der Waals surface area contributed by atoms with Crippen molar-refractivity contribution in [3.05, 3.63) is 94.5 Å². The van der Waals surface area contributed by atoms with Gasteiger partial charge in [0.15, 0.2) is 0 Å². The molecule has 0 aromatic heterocycles. The third kappa shape index (κ3) is 4.38. The van der Waals surface area contributed by atoms with Crippen LogP contribution in [0.4, 0.5) is 0 Å². The first-order valence-corrected chi connectivity index (χ1v) is 11.3. The van der Waals surface area contributed by atoms with E-state index in [2.05, 4.69) is 87.5 Å². The lowest BCUT2D eigenvalue weighted by Gasteiger charge is -2.33. The summed E-state index contributed by atoms with van der Waals surface area (Å²) in [5.41, 5.74) is 5.66. The zero-order valence-electron chi connectivity index (χ0n) is 19.0. The van der Waals surface area contributed by atoms with Crippen LogP contribution in [0.5, 0.6) is 11.5 Å². The van der Waals surface area contributed by atoms with Crippen molar-refractivity contribution in [1.29, 1.82) is 0 Å². The summed E-state index contributed by atoms with van der Waals surface area (Å²) in [6, 6.07) is 23.7. The first-order chi connectivity index (χ1) is 15.5. The van der Waals surface area contributed by atoms with Crippen LogP contribution in [-0.4, -0.2) is 38.6 Å². The molecule has 0 radical (unpaired) electrons. The Morgan fingerprint density at radius 3 is 1.59 bits per heavy atom. The monoisotopic (exact) mass is 430 g/mol. The van der Waals surface area contributed by atoms with Gasteiger partial charge in [-0.2, -0.15) is 0 Å². The van der Waals surface area contributed by atoms with Crippen molar-refractivity contribution in [2.75, 3.05) is 26.4 Å². The van der Waals surface area contributed by atoms with Gasteiger partial charge in [-0.05, 0) is 60.7 Å². The van der Waals surface area contributed by atoms with Crippen LogP contribution in [0.2, 0.25) is 0 Å². The predicted octanol–water partition coefficient (Wildman–Crippen LogP) is 5.21. The summed E-state index contributed by atoms with van der Waals surface area (Å²) >= 11 is 0. The topological polar surface area (TPSA) is 43.5 Å². The molecule has 2 unspecified atom stereocenters. The first kappa shape index (κ1) is 21.0. The minimum atomic E-state index is -0.312. The van der Waals surface area contributed by atoms with Crippen molar-refractivity contribution >= 4 is 0 Å². The summed E-state index contributed by atoms with van der Waals surface area (Å²) in [7, 11) is 0. The van der Waals surface area contributed by atoms with E-state index in [0.717, 1.165) is 35.8 Å². The van der Waals surface area contributed by atoms with Gasteiger partial charge >= 0.3 is 0 Å². The molecule has 0 N–H and O–H groups in total. The maximum absolute atomic E-state index is 5.97. The maximum atomic E-state index is 5.97. The number of benzene rings is 3. The molecule has 3 aromatic rings. The molecule has 2 heterocycles. The fourth-order valence-electron chi connectivity index (χ4n) is 4.21. The van der Waals surface area contributed by atoms with Gasteiger partial charge < -0.3 is 18.9 Å². The highest BCUT2D eigenvalue weighted by Gasteiger charge is 2.32. The van der Waals surface area contributed by atoms with Gasteiger partial charge in [0.25, 0.3) is 0 Å². The Labute approximate surface area is 190 Å². The van der Waals surface area contributed by atoms with Crippen LogP contribution in [-0.2, 0) is 14.9 Å². The van der Waals surface area contributed by atoms with Gasteiger partial charge in [0.2, 0.25) is 0 Å². The summed E-state index contributed by atoms with van der Waals surface area (Å²) in [6.07, 6.45) is 0.498. The fourth-order valence-corrected chi connectivity index (χ4v) is 4.21. The van der Waals surface area contributed by atoms with Gasteiger partial charge in [0, 0.05) is 5.41 Å². The molecule has 2 saturated heterocycles. The molecule has 2 fully saturated rings. The van der Waals surface area contributed by atoms with Crippen LogP contribution in [0.25, 0.3) is 0 Å². The minimum Gasteiger partial charge on any atom is -0.491 e. The zero-order valence-corrected chi connectivity index (χ0v) is 19.0. The van der Waals surface area contributed by atoms with Crippen LogP contribution < -0.4 is 9.47 Å². The Morgan fingerprint density at radius 1 is 0.719 bits per heavy atom. The van der Waals surface area contributed by atoms with Crippen molar-refractivity contribution in [1.82, 2.24) is 0 Å². The number of rotatable bonds is 9. The van der Waals surface area contributed by atoms with Crippen molar-refractivity contribution < 1.29 is 18.9 Å². The number of epoxide rings is 2. The van der Waals surface area contributed by atoms with E-state index >= 15 is 0 Å². The molecule has 166 valence electrons. The Hall–Kier alpha value is -2.82. The molecule has 4 heteroatoms. The van der Waals surface area contributed by atoms with E-state index in [1.807, 2.05) is 0 Å². The smallest absolute Gasteiger partial charge is 0.122 e. The molecule has 2 aliphatic heterocycles. The Kier molecular flexibility index (Phi) is 5.66. The largest absolute Gasteiger partial charge is 0.491 e. The molecule has 2 aliphatic rings. The van der Waals surface area contributed by atoms with Crippen LogP contribution in [0.15, 0.2) is 66.7 Å². The number of ether oxygens (including phenoxy) is 4. The third-order valence-corrected chi connectivity index (χ3v) is 6.51. The second-order valence-electron chi connectivity index (χ2n) is 8.98. The Bertz CT molecular complexity index is 1020. The molecule has 3 aromatic carbocycles. The quantitative estimate of drug-likeness (QED) is 0.345. The number of hydrogen-bond acceptors (Lipinski definition) is 4. The number of hydrogen-bond donors (Lipinski definition) is 0. The Morgan fingerprint density at radius 2 is 1.19 bits per heavy atom. The lowest BCUT2D eigenvalue weighted by Crippen LogP contribution is -2.25. The van der Waals surface area contributed by atoms with Gasteiger partial charge in [0.05, 0.1) is 13.2 Å². The maximum Gasteiger partial charge on any atom is 0.122 e.